The molecule has 2 rings (SSSR count). The average molecular weight is 552 g/mol. The van der Waals surface area contributed by atoms with Crippen LogP contribution in [0.25, 0.3) is 0 Å². The molecule has 1 fully saturated rings. The second-order valence-corrected chi connectivity index (χ2v) is 7.44. The van der Waals surface area contributed by atoms with Gasteiger partial charge in [0.25, 0.3) is 0 Å². The zero-order chi connectivity index (χ0) is 27.6. The number of halogens is 12. The third-order valence-corrected chi connectivity index (χ3v) is 5.12. The average Bonchev–Trinajstić information content (AvgIpc) is 3.52. The van der Waals surface area contributed by atoms with E-state index in [9.17, 15) is 52.7 Å². The van der Waals surface area contributed by atoms with E-state index in [2.05, 4.69) is 18.9 Å². The van der Waals surface area contributed by atoms with Gasteiger partial charge in [-0.2, -0.15) is 26.3 Å². The Balaban J connectivity index is 2.71. The minimum Gasteiger partial charge on any atom is -0.377 e. The van der Waals surface area contributed by atoms with Gasteiger partial charge in [-0.05, 0) is 18.7 Å². The zero-order valence-electron chi connectivity index (χ0n) is 18.1. The first kappa shape index (κ1) is 30.2. The van der Waals surface area contributed by atoms with Crippen molar-refractivity contribution in [2.45, 2.75) is 38.0 Å². The molecular weight excluding hydrogens is 534 g/mol. The van der Waals surface area contributed by atoms with E-state index in [0.717, 1.165) is 0 Å². The third-order valence-electron chi connectivity index (χ3n) is 5.12. The third kappa shape index (κ3) is 5.77. The predicted octanol–water partition coefficient (Wildman–Crippen LogP) is 5.47. The second kappa shape index (κ2) is 10.4. The minimum absolute atomic E-state index is 0.0277. The van der Waals surface area contributed by atoms with E-state index in [1.807, 2.05) is 0 Å². The molecule has 5 nitrogen and oxygen atoms in total. The van der Waals surface area contributed by atoms with Crippen LogP contribution in [0.5, 0.6) is 0 Å². The van der Waals surface area contributed by atoms with Crippen molar-refractivity contribution in [2.24, 2.45) is 5.41 Å². The molecule has 1 saturated heterocycles. The van der Waals surface area contributed by atoms with Crippen molar-refractivity contribution in [1.29, 1.82) is 0 Å². The van der Waals surface area contributed by atoms with Crippen molar-refractivity contribution in [2.75, 3.05) is 40.0 Å². The molecule has 1 aliphatic carbocycles. The molecule has 0 spiro atoms. The van der Waals surface area contributed by atoms with Crippen molar-refractivity contribution in [3.8, 4) is 0 Å². The van der Waals surface area contributed by atoms with Crippen LogP contribution in [0.3, 0.4) is 0 Å². The summed E-state index contributed by atoms with van der Waals surface area (Å²) in [4.78, 5) is 0. The Labute approximate surface area is 195 Å². The maximum absolute atomic E-state index is 13.8. The molecule has 0 aromatic carbocycles. The number of epoxide rings is 1. The summed E-state index contributed by atoms with van der Waals surface area (Å²) in [6.45, 7) is -4.72. The van der Waals surface area contributed by atoms with Gasteiger partial charge in [-0.15, -0.1) is 26.3 Å². The lowest BCUT2D eigenvalue weighted by molar-refractivity contribution is -1.09. The lowest BCUT2D eigenvalue weighted by Crippen LogP contribution is -2.65. The minimum atomic E-state index is -6.21. The smallest absolute Gasteiger partial charge is 0.377 e. The Bertz CT molecular complexity index is 887. The summed E-state index contributed by atoms with van der Waals surface area (Å²) in [6.07, 6.45) is -25.8. The van der Waals surface area contributed by atoms with E-state index in [1.54, 1.807) is 0 Å². The summed E-state index contributed by atoms with van der Waals surface area (Å²) in [6, 6.07) is 0. The molecule has 0 saturated carbocycles. The number of quaternary nitrogens is 1. The number of hydrogen-bond donors (Lipinski definition) is 0. The number of alkyl halides is 12. The van der Waals surface area contributed by atoms with Crippen LogP contribution >= 0.6 is 0 Å². The van der Waals surface area contributed by atoms with E-state index in [0.29, 0.717) is 0 Å². The molecule has 206 valence electrons. The Morgan fingerprint density at radius 1 is 0.861 bits per heavy atom. The van der Waals surface area contributed by atoms with Crippen molar-refractivity contribution >= 4 is 0 Å². The van der Waals surface area contributed by atoms with Gasteiger partial charge in [0.15, 0.2) is 6.79 Å². The quantitative estimate of drug-likeness (QED) is 0.0649. The summed E-state index contributed by atoms with van der Waals surface area (Å²) < 4.78 is 179. The van der Waals surface area contributed by atoms with Gasteiger partial charge in [-0.3, -0.25) is 0 Å². The first-order valence-electron chi connectivity index (χ1n) is 9.80. The van der Waals surface area contributed by atoms with Crippen LogP contribution in [0.2, 0.25) is 0 Å². The SMILES string of the molecule is CCOCOC[N+](C1=C=C=C(C(COCC2CO2)(C(F)(F)F)C(F)(F)F)C=C1)(C(F)(F)F)C(F)(F)F. The summed E-state index contributed by atoms with van der Waals surface area (Å²) in [7, 11) is 0. The maximum Gasteiger partial charge on any atom is 0.576 e. The van der Waals surface area contributed by atoms with Gasteiger partial charge in [-0.1, -0.05) is 10.2 Å². The monoisotopic (exact) mass is 552 g/mol. The Morgan fingerprint density at radius 3 is 1.81 bits per heavy atom. The topological polar surface area (TPSA) is 40.2 Å². The fourth-order valence-electron chi connectivity index (χ4n) is 3.01. The van der Waals surface area contributed by atoms with Gasteiger partial charge >= 0.3 is 25.0 Å². The molecule has 0 radical (unpaired) electrons. The van der Waals surface area contributed by atoms with Crippen LogP contribution < -0.4 is 0 Å². The molecule has 1 unspecified atom stereocenters. The van der Waals surface area contributed by atoms with Gasteiger partial charge in [0.2, 0.25) is 17.8 Å². The molecule has 1 heterocycles. The van der Waals surface area contributed by atoms with Crippen molar-refractivity contribution < 1.29 is 76.1 Å². The number of ether oxygens (including phenoxy) is 4. The molecule has 2 aliphatic rings. The first-order valence-corrected chi connectivity index (χ1v) is 9.80. The molecule has 1 atom stereocenters. The van der Waals surface area contributed by atoms with Crippen LogP contribution in [0.1, 0.15) is 6.92 Å². The largest absolute Gasteiger partial charge is 0.576 e. The maximum atomic E-state index is 13.8. The van der Waals surface area contributed by atoms with E-state index in [4.69, 9.17) is 0 Å². The Kier molecular flexibility index (Phi) is 8.73. The van der Waals surface area contributed by atoms with E-state index in [1.165, 1.54) is 18.4 Å². The highest BCUT2D eigenvalue weighted by Crippen LogP contribution is 2.56. The van der Waals surface area contributed by atoms with Crippen LogP contribution in [0.4, 0.5) is 52.7 Å². The highest BCUT2D eigenvalue weighted by Gasteiger charge is 2.75. The van der Waals surface area contributed by atoms with E-state index >= 15 is 0 Å². The van der Waals surface area contributed by atoms with Gasteiger partial charge < -0.3 is 18.9 Å². The number of nitrogens with zero attached hydrogens (tertiary/aromatic N) is 1. The van der Waals surface area contributed by atoms with Crippen LogP contribution in [-0.4, -0.2) is 75.5 Å². The molecule has 0 N–H and O–H groups in total. The molecule has 0 aromatic rings. The van der Waals surface area contributed by atoms with E-state index in [-0.39, 0.29) is 25.4 Å². The summed E-state index contributed by atoms with van der Waals surface area (Å²) in [5.74, 6) is 0. The van der Waals surface area contributed by atoms with Crippen LogP contribution in [0.15, 0.2) is 34.9 Å². The summed E-state index contributed by atoms with van der Waals surface area (Å²) in [5, 5.41) is 0. The Morgan fingerprint density at radius 2 is 1.42 bits per heavy atom. The highest BCUT2D eigenvalue weighted by molar-refractivity contribution is 5.37. The fraction of sp³-hybridized carbons (Fsp3) is 0.684. The Hall–Kier alpha value is -2.00. The molecular formula is C19H18F12NO4+. The first-order chi connectivity index (χ1) is 16.3. The molecule has 0 amide bonds. The molecule has 36 heavy (non-hydrogen) atoms. The molecule has 1 aliphatic heterocycles. The number of allylic oxidation sites excluding steroid dienone is 2. The lowest BCUT2D eigenvalue weighted by atomic mass is 9.78. The number of hydrogen-bond acceptors (Lipinski definition) is 4. The van der Waals surface area contributed by atoms with Crippen molar-refractivity contribution in [3.63, 3.8) is 0 Å². The molecule has 0 bridgehead atoms. The summed E-state index contributed by atoms with van der Waals surface area (Å²) >= 11 is 0. The highest BCUT2D eigenvalue weighted by atomic mass is 19.4. The van der Waals surface area contributed by atoms with Crippen molar-refractivity contribution in [1.82, 2.24) is 0 Å². The van der Waals surface area contributed by atoms with Crippen LogP contribution in [-0.2, 0) is 18.9 Å². The van der Waals surface area contributed by atoms with Gasteiger partial charge in [0, 0.05) is 18.3 Å². The fourth-order valence-corrected chi connectivity index (χ4v) is 3.01. The lowest BCUT2D eigenvalue weighted by Gasteiger charge is -2.39. The number of rotatable bonds is 11. The second-order valence-electron chi connectivity index (χ2n) is 7.44. The standard InChI is InChI=1S/C19H18F12NO4/c1-2-33-11-35-10-32(18(26,27)28,19(29,30)31)13-5-3-12(4-6-13)15(16(20,21)22,17(23,24)25)9-34-7-14-8-36-14/h3,5,14H,2,7-11H2,1H3/q+1. The molecule has 0 aromatic heterocycles. The normalized spacial score (nSPS) is 19.4. The summed E-state index contributed by atoms with van der Waals surface area (Å²) in [5.41, 5.74) is -6.18. The van der Waals surface area contributed by atoms with E-state index < -0.39 is 79.0 Å². The van der Waals surface area contributed by atoms with Gasteiger partial charge in [0.1, 0.15) is 6.10 Å². The van der Waals surface area contributed by atoms with Gasteiger partial charge in [-0.25, -0.2) is 0 Å². The predicted molar refractivity (Wildman–Crippen MR) is 93.1 cm³/mol. The van der Waals surface area contributed by atoms with Crippen molar-refractivity contribution in [3.05, 3.63) is 34.9 Å². The zero-order valence-corrected chi connectivity index (χ0v) is 18.1. The van der Waals surface area contributed by atoms with Gasteiger partial charge in [0.05, 0.1) is 19.8 Å². The van der Waals surface area contributed by atoms with Crippen LogP contribution in [0, 0.1) is 5.41 Å². The molecule has 17 heteroatoms.